The first-order valence-corrected chi connectivity index (χ1v) is 18.9. The summed E-state index contributed by atoms with van der Waals surface area (Å²) < 4.78 is 4.67. The standard InChI is InChI=1S/C29H38GeS/c1-2-3-4-5-6-7-8-9-19-26-31-30(27-20-13-10-14-21-27,28-22-15-11-16-23-28)29-24-17-12-18-25-29/h10-18,20-25H,2-9,19,26H2,1H3. The first-order chi connectivity index (χ1) is 15.4. The number of benzene rings is 3. The molecule has 0 unspecified atom stereocenters. The Morgan fingerprint density at radius 3 is 1.23 bits per heavy atom. The van der Waals surface area contributed by atoms with E-state index in [9.17, 15) is 0 Å². The molecule has 0 saturated carbocycles. The van der Waals surface area contributed by atoms with Gasteiger partial charge in [-0.1, -0.05) is 0 Å². The summed E-state index contributed by atoms with van der Waals surface area (Å²) in [5.41, 5.74) is 0. The quantitative estimate of drug-likeness (QED) is 0.174. The normalized spacial score (nSPS) is 11.5. The van der Waals surface area contributed by atoms with Crippen LogP contribution in [-0.2, 0) is 0 Å². The fourth-order valence-corrected chi connectivity index (χ4v) is 19.9. The molecule has 0 aliphatic carbocycles. The SMILES string of the molecule is CCCCCCCCCCC[S][Ge]([c]1ccccc1)([c]1ccccc1)[c]1ccccc1. The molecule has 3 aromatic rings. The van der Waals surface area contributed by atoms with Gasteiger partial charge in [-0.3, -0.25) is 0 Å². The van der Waals surface area contributed by atoms with Gasteiger partial charge in [0, 0.05) is 0 Å². The molecule has 3 aromatic carbocycles. The first-order valence-electron chi connectivity index (χ1n) is 12.2. The Bertz CT molecular complexity index is 736. The molecule has 0 fully saturated rings. The molecule has 0 aliphatic rings. The van der Waals surface area contributed by atoms with Crippen molar-refractivity contribution in [1.29, 1.82) is 0 Å². The minimum absolute atomic E-state index is 1.26. The van der Waals surface area contributed by atoms with Gasteiger partial charge in [-0.05, 0) is 0 Å². The third-order valence-electron chi connectivity index (χ3n) is 6.11. The van der Waals surface area contributed by atoms with E-state index in [-0.39, 0.29) is 0 Å². The molecular formula is C29H38GeS. The van der Waals surface area contributed by atoms with E-state index >= 15 is 0 Å². The van der Waals surface area contributed by atoms with Gasteiger partial charge in [-0.15, -0.1) is 0 Å². The van der Waals surface area contributed by atoms with Gasteiger partial charge in [-0.2, -0.15) is 0 Å². The van der Waals surface area contributed by atoms with Gasteiger partial charge in [0.15, 0.2) is 0 Å². The van der Waals surface area contributed by atoms with Gasteiger partial charge in [0.2, 0.25) is 0 Å². The van der Waals surface area contributed by atoms with Crippen LogP contribution >= 0.6 is 10.1 Å². The average molecular weight is 491 g/mol. The second kappa shape index (κ2) is 13.9. The number of unbranched alkanes of at least 4 members (excludes halogenated alkanes) is 8. The van der Waals surface area contributed by atoms with Crippen molar-refractivity contribution in [1.82, 2.24) is 0 Å². The maximum absolute atomic E-state index is 2.77. The molecule has 31 heavy (non-hydrogen) atoms. The fraction of sp³-hybridized carbons (Fsp3) is 0.379. The third-order valence-corrected chi connectivity index (χ3v) is 21.9. The zero-order chi connectivity index (χ0) is 21.6. The summed E-state index contributed by atoms with van der Waals surface area (Å²) in [5.74, 6) is 1.26. The predicted octanol–water partition coefficient (Wildman–Crippen LogP) is 6.92. The van der Waals surface area contributed by atoms with Crippen molar-refractivity contribution >= 4 is 35.4 Å². The molecule has 0 aromatic heterocycles. The Kier molecular flexibility index (Phi) is 10.8. The van der Waals surface area contributed by atoms with Crippen LogP contribution in [0.1, 0.15) is 64.7 Å². The van der Waals surface area contributed by atoms with E-state index in [4.69, 9.17) is 0 Å². The van der Waals surface area contributed by atoms with Gasteiger partial charge in [0.25, 0.3) is 0 Å². The second-order valence-electron chi connectivity index (χ2n) is 8.46. The van der Waals surface area contributed by atoms with Gasteiger partial charge >= 0.3 is 197 Å². The van der Waals surface area contributed by atoms with Gasteiger partial charge in [0.1, 0.15) is 0 Å². The van der Waals surface area contributed by atoms with Crippen LogP contribution < -0.4 is 13.2 Å². The van der Waals surface area contributed by atoms with E-state index in [0.29, 0.717) is 0 Å². The molecular weight excluding hydrogens is 453 g/mol. The van der Waals surface area contributed by atoms with Crippen LogP contribution in [0.2, 0.25) is 0 Å². The van der Waals surface area contributed by atoms with Gasteiger partial charge in [-0.25, -0.2) is 0 Å². The maximum atomic E-state index is 2.38. The second-order valence-corrected chi connectivity index (χ2v) is 20.6. The Hall–Kier alpha value is -1.45. The van der Waals surface area contributed by atoms with E-state index in [0.717, 1.165) is 0 Å². The van der Waals surface area contributed by atoms with E-state index in [1.165, 1.54) is 63.5 Å². The van der Waals surface area contributed by atoms with Crippen LogP contribution in [0.4, 0.5) is 0 Å². The molecule has 0 spiro atoms. The van der Waals surface area contributed by atoms with Crippen LogP contribution in [0.3, 0.4) is 0 Å². The molecule has 0 atom stereocenters. The molecule has 164 valence electrons. The fourth-order valence-electron chi connectivity index (χ4n) is 4.41. The summed E-state index contributed by atoms with van der Waals surface area (Å²) in [4.78, 5) is 0. The van der Waals surface area contributed by atoms with Gasteiger partial charge < -0.3 is 0 Å². The zero-order valence-electron chi connectivity index (χ0n) is 19.1. The number of hydrogen-bond donors (Lipinski definition) is 0. The Morgan fingerprint density at radius 2 is 0.839 bits per heavy atom. The Balaban J connectivity index is 1.70. The zero-order valence-corrected chi connectivity index (χ0v) is 22.1. The van der Waals surface area contributed by atoms with Crippen molar-refractivity contribution in [2.45, 2.75) is 64.7 Å². The Morgan fingerprint density at radius 1 is 0.484 bits per heavy atom. The molecule has 3 rings (SSSR count). The van der Waals surface area contributed by atoms with Crippen LogP contribution in [-0.4, -0.2) is 17.9 Å². The molecule has 0 heterocycles. The van der Waals surface area contributed by atoms with Crippen LogP contribution in [0.15, 0.2) is 91.0 Å². The minimum atomic E-state index is -2.77. The van der Waals surface area contributed by atoms with Gasteiger partial charge in [0.05, 0.1) is 0 Å². The predicted molar refractivity (Wildman–Crippen MR) is 144 cm³/mol. The topological polar surface area (TPSA) is 0 Å². The Labute approximate surface area is 196 Å². The molecule has 0 aliphatic heterocycles. The van der Waals surface area contributed by atoms with E-state index in [1.807, 2.05) is 0 Å². The molecule has 0 N–H and O–H groups in total. The van der Waals surface area contributed by atoms with E-state index in [2.05, 4.69) is 108 Å². The summed E-state index contributed by atoms with van der Waals surface area (Å²) in [5, 5.41) is 0. The summed E-state index contributed by atoms with van der Waals surface area (Å²) in [6, 6.07) is 34.1. The van der Waals surface area contributed by atoms with E-state index < -0.39 is 12.1 Å². The number of rotatable bonds is 14. The molecule has 0 amide bonds. The van der Waals surface area contributed by atoms with Crippen LogP contribution in [0.25, 0.3) is 0 Å². The molecule has 0 nitrogen and oxygen atoms in total. The van der Waals surface area contributed by atoms with E-state index in [1.54, 1.807) is 13.2 Å². The molecule has 0 radical (unpaired) electrons. The summed E-state index contributed by atoms with van der Waals surface area (Å²) in [6.07, 6.45) is 12.5. The summed E-state index contributed by atoms with van der Waals surface area (Å²) in [6.45, 7) is 2.29. The van der Waals surface area contributed by atoms with Crippen molar-refractivity contribution < 1.29 is 0 Å². The van der Waals surface area contributed by atoms with Crippen molar-refractivity contribution in [3.8, 4) is 0 Å². The van der Waals surface area contributed by atoms with Crippen molar-refractivity contribution in [2.75, 3.05) is 5.75 Å². The molecule has 0 saturated heterocycles. The average Bonchev–Trinajstić information content (AvgIpc) is 2.84. The first kappa shape index (κ1) is 24.2. The van der Waals surface area contributed by atoms with Crippen molar-refractivity contribution in [2.24, 2.45) is 0 Å². The molecule has 0 bridgehead atoms. The van der Waals surface area contributed by atoms with Crippen molar-refractivity contribution in [3.63, 3.8) is 0 Å². The van der Waals surface area contributed by atoms with Crippen molar-refractivity contribution in [3.05, 3.63) is 91.0 Å². The monoisotopic (exact) mass is 492 g/mol. The van der Waals surface area contributed by atoms with Crippen LogP contribution in [0.5, 0.6) is 0 Å². The number of hydrogen-bond acceptors (Lipinski definition) is 1. The van der Waals surface area contributed by atoms with Crippen LogP contribution in [0, 0.1) is 0 Å². The summed E-state index contributed by atoms with van der Waals surface area (Å²) in [7, 11) is 2.29. The summed E-state index contributed by atoms with van der Waals surface area (Å²) >= 11 is -2.77. The molecule has 2 heteroatoms. The third kappa shape index (κ3) is 7.02.